The third-order valence-electron chi connectivity index (χ3n) is 4.61. The highest BCUT2D eigenvalue weighted by atomic mass is 16.5. The number of aromatic nitrogens is 2. The fourth-order valence-corrected chi connectivity index (χ4v) is 3.16. The minimum absolute atomic E-state index is 0.327. The molecule has 6 nitrogen and oxygen atoms in total. The molecule has 0 spiro atoms. The predicted octanol–water partition coefficient (Wildman–Crippen LogP) is 3.57. The van der Waals surface area contributed by atoms with Gasteiger partial charge >= 0.3 is 5.97 Å². The quantitative estimate of drug-likeness (QED) is 0.584. The van der Waals surface area contributed by atoms with E-state index in [9.17, 15) is 10.1 Å². The Morgan fingerprint density at radius 2 is 1.92 bits per heavy atom. The zero-order valence-electron chi connectivity index (χ0n) is 15.1. The van der Waals surface area contributed by atoms with Gasteiger partial charge in [0.15, 0.2) is 11.7 Å². The Morgan fingerprint density at radius 3 is 2.58 bits per heavy atom. The Labute approximate surface area is 153 Å². The van der Waals surface area contributed by atoms with Gasteiger partial charge in [-0.25, -0.2) is 9.97 Å². The van der Waals surface area contributed by atoms with Crippen molar-refractivity contribution in [2.45, 2.75) is 44.9 Å². The summed E-state index contributed by atoms with van der Waals surface area (Å²) in [6, 6.07) is 9.63. The molecule has 0 saturated carbocycles. The van der Waals surface area contributed by atoms with Gasteiger partial charge in [0.25, 0.3) is 0 Å². The molecule has 136 valence electrons. The second kappa shape index (κ2) is 8.61. The Balaban J connectivity index is 2.00. The molecule has 1 aliphatic heterocycles. The van der Waals surface area contributed by atoms with Crippen molar-refractivity contribution in [2.75, 3.05) is 24.6 Å². The maximum Gasteiger partial charge on any atom is 0.329 e. The normalized spacial score (nSPS) is 15.5. The zero-order chi connectivity index (χ0) is 18.4. The number of hydrogen-bond acceptors (Lipinski definition) is 6. The van der Waals surface area contributed by atoms with E-state index in [1.165, 1.54) is 6.42 Å². The summed E-state index contributed by atoms with van der Waals surface area (Å²) in [6.07, 6.45) is 5.05. The van der Waals surface area contributed by atoms with Gasteiger partial charge in [0, 0.05) is 13.1 Å². The number of benzene rings is 1. The molecule has 1 atom stereocenters. The monoisotopic (exact) mass is 352 g/mol. The summed E-state index contributed by atoms with van der Waals surface area (Å²) in [5.74, 6) is -0.952. The summed E-state index contributed by atoms with van der Waals surface area (Å²) in [5.41, 5.74) is 1.87. The maximum atomic E-state index is 12.5. The number of anilines is 1. The number of carbonyl (C=O) groups excluding carboxylic acids is 1. The molecular formula is C20H24N4O2. The second-order valence-electron chi connectivity index (χ2n) is 6.55. The number of nitriles is 1. The molecule has 0 unspecified atom stereocenters. The summed E-state index contributed by atoms with van der Waals surface area (Å²) >= 11 is 0. The zero-order valence-corrected chi connectivity index (χ0v) is 15.1. The van der Waals surface area contributed by atoms with Crippen LogP contribution in [0.3, 0.4) is 0 Å². The van der Waals surface area contributed by atoms with E-state index < -0.39 is 11.9 Å². The summed E-state index contributed by atoms with van der Waals surface area (Å²) < 4.78 is 5.30. The largest absolute Gasteiger partial charge is 0.464 e. The van der Waals surface area contributed by atoms with E-state index in [0.29, 0.717) is 23.6 Å². The number of hydrogen-bond donors (Lipinski definition) is 0. The third kappa shape index (κ3) is 3.93. The SMILES string of the molecule is CCCCOC(=O)[C@@H](C#N)c1nc2ccccc2nc1N1CCCCC1. The van der Waals surface area contributed by atoms with Crippen LogP contribution in [0.25, 0.3) is 11.0 Å². The van der Waals surface area contributed by atoms with E-state index in [2.05, 4.69) is 16.0 Å². The predicted molar refractivity (Wildman–Crippen MR) is 99.8 cm³/mol. The van der Waals surface area contributed by atoms with Crippen molar-refractivity contribution in [1.29, 1.82) is 5.26 Å². The molecule has 26 heavy (non-hydrogen) atoms. The number of esters is 1. The smallest absolute Gasteiger partial charge is 0.329 e. The van der Waals surface area contributed by atoms with Crippen LogP contribution >= 0.6 is 0 Å². The van der Waals surface area contributed by atoms with Gasteiger partial charge in [-0.15, -0.1) is 0 Å². The summed E-state index contributed by atoms with van der Waals surface area (Å²) in [5, 5.41) is 9.66. The first-order chi connectivity index (χ1) is 12.7. The van der Waals surface area contributed by atoms with Gasteiger partial charge in [-0.1, -0.05) is 25.5 Å². The van der Waals surface area contributed by atoms with Gasteiger partial charge < -0.3 is 9.64 Å². The molecule has 2 heterocycles. The van der Waals surface area contributed by atoms with E-state index in [0.717, 1.165) is 44.3 Å². The number of piperidine rings is 1. The Morgan fingerprint density at radius 1 is 1.23 bits per heavy atom. The number of fused-ring (bicyclic) bond motifs is 1. The molecule has 1 saturated heterocycles. The topological polar surface area (TPSA) is 79.1 Å². The van der Waals surface area contributed by atoms with Crippen LogP contribution in [0, 0.1) is 11.3 Å². The Bertz CT molecular complexity index is 809. The van der Waals surface area contributed by atoms with Crippen LogP contribution in [0.4, 0.5) is 5.82 Å². The standard InChI is InChI=1S/C20H24N4O2/c1-2-3-13-26-20(25)15(14-21)18-19(24-11-7-4-8-12-24)23-17-10-6-5-9-16(17)22-18/h5-6,9-10,15H,2-4,7-8,11-13H2,1H3/t15-/m0/s1. The maximum absolute atomic E-state index is 12.5. The first-order valence-electron chi connectivity index (χ1n) is 9.32. The molecule has 0 aliphatic carbocycles. The molecule has 1 aromatic carbocycles. The van der Waals surface area contributed by atoms with Crippen LogP contribution in [0.15, 0.2) is 24.3 Å². The van der Waals surface area contributed by atoms with Gasteiger partial charge in [-0.3, -0.25) is 4.79 Å². The molecular weight excluding hydrogens is 328 g/mol. The number of unbranched alkanes of at least 4 members (excludes halogenated alkanes) is 1. The van der Waals surface area contributed by atoms with Gasteiger partial charge in [0.2, 0.25) is 0 Å². The van der Waals surface area contributed by atoms with Crippen LogP contribution in [-0.2, 0) is 9.53 Å². The van der Waals surface area contributed by atoms with Crippen LogP contribution < -0.4 is 4.90 Å². The van der Waals surface area contributed by atoms with Gasteiger partial charge in [0.05, 0.1) is 23.7 Å². The highest BCUT2D eigenvalue weighted by Gasteiger charge is 2.30. The minimum atomic E-state index is -1.05. The third-order valence-corrected chi connectivity index (χ3v) is 4.61. The van der Waals surface area contributed by atoms with Crippen molar-refractivity contribution in [3.8, 4) is 6.07 Å². The molecule has 0 amide bonds. The fraction of sp³-hybridized carbons (Fsp3) is 0.500. The van der Waals surface area contributed by atoms with E-state index in [1.807, 2.05) is 31.2 Å². The fourth-order valence-electron chi connectivity index (χ4n) is 3.16. The van der Waals surface area contributed by atoms with Crippen LogP contribution in [0.5, 0.6) is 0 Å². The molecule has 3 rings (SSSR count). The summed E-state index contributed by atoms with van der Waals surface area (Å²) in [6.45, 7) is 4.08. The van der Waals surface area contributed by atoms with Crippen molar-refractivity contribution >= 4 is 22.8 Å². The molecule has 1 aromatic heterocycles. The van der Waals surface area contributed by atoms with E-state index in [1.54, 1.807) is 0 Å². The molecule has 0 radical (unpaired) electrons. The van der Waals surface area contributed by atoms with Crippen molar-refractivity contribution < 1.29 is 9.53 Å². The van der Waals surface area contributed by atoms with E-state index in [-0.39, 0.29) is 0 Å². The second-order valence-corrected chi connectivity index (χ2v) is 6.55. The summed E-state index contributed by atoms with van der Waals surface area (Å²) in [4.78, 5) is 24.0. The number of para-hydroxylation sites is 2. The first-order valence-corrected chi connectivity index (χ1v) is 9.32. The lowest BCUT2D eigenvalue weighted by molar-refractivity contribution is -0.144. The highest BCUT2D eigenvalue weighted by Crippen LogP contribution is 2.29. The van der Waals surface area contributed by atoms with Gasteiger partial charge in [-0.2, -0.15) is 5.26 Å². The average Bonchev–Trinajstić information content (AvgIpc) is 2.69. The van der Waals surface area contributed by atoms with Crippen molar-refractivity contribution in [1.82, 2.24) is 9.97 Å². The molecule has 6 heteroatoms. The van der Waals surface area contributed by atoms with Gasteiger partial charge in [-0.05, 0) is 37.8 Å². The minimum Gasteiger partial charge on any atom is -0.464 e. The lowest BCUT2D eigenvalue weighted by Crippen LogP contribution is -2.32. The molecule has 0 N–H and O–H groups in total. The molecule has 1 fully saturated rings. The number of carbonyl (C=O) groups is 1. The Kier molecular flexibility index (Phi) is 6.00. The Hall–Kier alpha value is -2.68. The van der Waals surface area contributed by atoms with Crippen molar-refractivity contribution in [3.05, 3.63) is 30.0 Å². The average molecular weight is 352 g/mol. The highest BCUT2D eigenvalue weighted by molar-refractivity contribution is 5.85. The van der Waals surface area contributed by atoms with Crippen molar-refractivity contribution in [2.24, 2.45) is 0 Å². The van der Waals surface area contributed by atoms with E-state index >= 15 is 0 Å². The molecule has 1 aliphatic rings. The number of rotatable bonds is 6. The van der Waals surface area contributed by atoms with Crippen LogP contribution in [0.2, 0.25) is 0 Å². The number of nitrogens with zero attached hydrogens (tertiary/aromatic N) is 4. The van der Waals surface area contributed by atoms with Crippen LogP contribution in [0.1, 0.15) is 50.6 Å². The molecule has 0 bridgehead atoms. The first kappa shape index (κ1) is 18.1. The summed E-state index contributed by atoms with van der Waals surface area (Å²) in [7, 11) is 0. The number of ether oxygens (including phenoxy) is 1. The van der Waals surface area contributed by atoms with Crippen molar-refractivity contribution in [3.63, 3.8) is 0 Å². The van der Waals surface area contributed by atoms with Gasteiger partial charge in [0.1, 0.15) is 5.69 Å². The van der Waals surface area contributed by atoms with Crippen LogP contribution in [-0.4, -0.2) is 35.6 Å². The lowest BCUT2D eigenvalue weighted by Gasteiger charge is -2.29. The van der Waals surface area contributed by atoms with E-state index in [4.69, 9.17) is 9.72 Å². The molecule has 2 aromatic rings. The lowest BCUT2D eigenvalue weighted by atomic mass is 10.0.